The lowest BCUT2D eigenvalue weighted by Crippen LogP contribution is -2.26. The molecule has 0 spiro atoms. The molecule has 19 heavy (non-hydrogen) atoms. The molecule has 1 fully saturated rings. The molecule has 0 radical (unpaired) electrons. The quantitative estimate of drug-likeness (QED) is 0.792. The Morgan fingerprint density at radius 3 is 2.53 bits per heavy atom. The maximum absolute atomic E-state index is 11.9. The Hall–Kier alpha value is -0.650. The highest BCUT2D eigenvalue weighted by Gasteiger charge is 2.18. The summed E-state index contributed by atoms with van der Waals surface area (Å²) in [4.78, 5) is 11.9. The fourth-order valence-electron chi connectivity index (χ4n) is 1.91. The van der Waals surface area contributed by atoms with Gasteiger partial charge in [0.05, 0.1) is 4.58 Å². The van der Waals surface area contributed by atoms with E-state index in [4.69, 9.17) is 0 Å². The molecular formula is C14H20N2OS2. The van der Waals surface area contributed by atoms with Gasteiger partial charge in [-0.1, -0.05) is 12.1 Å². The van der Waals surface area contributed by atoms with E-state index >= 15 is 0 Å². The molecule has 3 nitrogen and oxygen atoms in total. The molecule has 1 aromatic carbocycles. The highest BCUT2D eigenvalue weighted by Crippen LogP contribution is 2.45. The number of nitrogens with one attached hydrogen (secondary N) is 2. The van der Waals surface area contributed by atoms with Gasteiger partial charge in [-0.3, -0.25) is 4.79 Å². The van der Waals surface area contributed by atoms with Crippen molar-refractivity contribution in [1.82, 2.24) is 10.6 Å². The number of amides is 1. The lowest BCUT2D eigenvalue weighted by Gasteiger charge is -2.09. The zero-order valence-corrected chi connectivity index (χ0v) is 12.8. The van der Waals surface area contributed by atoms with E-state index in [-0.39, 0.29) is 5.91 Å². The highest BCUT2D eigenvalue weighted by atomic mass is 32.2. The average Bonchev–Trinajstić information content (AvgIpc) is 2.98. The zero-order valence-electron chi connectivity index (χ0n) is 11.1. The molecule has 1 amide bonds. The first-order valence-corrected chi connectivity index (χ1v) is 8.67. The van der Waals surface area contributed by atoms with E-state index < -0.39 is 0 Å². The molecule has 0 aromatic heterocycles. The molecule has 1 aliphatic rings. The van der Waals surface area contributed by atoms with E-state index in [1.807, 2.05) is 42.7 Å². The lowest BCUT2D eigenvalue weighted by atomic mass is 10.1. The molecule has 1 aromatic rings. The number of benzene rings is 1. The SMILES string of the molecule is CNCCCNC(=O)c1ccc(C2SCCS2)cc1. The highest BCUT2D eigenvalue weighted by molar-refractivity contribution is 8.19. The van der Waals surface area contributed by atoms with Crippen LogP contribution in [-0.4, -0.2) is 37.6 Å². The van der Waals surface area contributed by atoms with E-state index in [0.717, 1.165) is 25.1 Å². The van der Waals surface area contributed by atoms with Gasteiger partial charge in [0.2, 0.25) is 0 Å². The van der Waals surface area contributed by atoms with Gasteiger partial charge >= 0.3 is 0 Å². The van der Waals surface area contributed by atoms with Gasteiger partial charge in [-0.05, 0) is 37.7 Å². The van der Waals surface area contributed by atoms with Crippen LogP contribution in [-0.2, 0) is 0 Å². The van der Waals surface area contributed by atoms with Crippen molar-refractivity contribution in [3.05, 3.63) is 35.4 Å². The second-order valence-electron chi connectivity index (χ2n) is 4.41. The predicted molar refractivity (Wildman–Crippen MR) is 85.0 cm³/mol. The van der Waals surface area contributed by atoms with Crippen LogP contribution in [0, 0.1) is 0 Å². The van der Waals surface area contributed by atoms with Gasteiger partial charge in [-0.15, -0.1) is 23.5 Å². The topological polar surface area (TPSA) is 41.1 Å². The summed E-state index contributed by atoms with van der Waals surface area (Å²) in [7, 11) is 1.92. The number of hydrogen-bond donors (Lipinski definition) is 2. The number of carbonyl (C=O) groups excluding carboxylic acids is 1. The second-order valence-corrected chi connectivity index (χ2v) is 7.13. The third kappa shape index (κ3) is 4.44. The molecule has 2 N–H and O–H groups in total. The van der Waals surface area contributed by atoms with Gasteiger partial charge in [-0.25, -0.2) is 0 Å². The van der Waals surface area contributed by atoms with Gasteiger partial charge in [0.15, 0.2) is 0 Å². The normalized spacial score (nSPS) is 15.6. The Labute approximate surface area is 123 Å². The van der Waals surface area contributed by atoms with Crippen LogP contribution in [0.3, 0.4) is 0 Å². The van der Waals surface area contributed by atoms with Gasteiger partial charge in [-0.2, -0.15) is 0 Å². The Kier molecular flexibility index (Phi) is 6.07. The van der Waals surface area contributed by atoms with Crippen LogP contribution in [0.25, 0.3) is 0 Å². The Balaban J connectivity index is 1.85. The number of carbonyl (C=O) groups is 1. The van der Waals surface area contributed by atoms with Gasteiger partial charge in [0.25, 0.3) is 5.91 Å². The molecule has 0 aliphatic carbocycles. The molecule has 104 valence electrons. The Bertz CT molecular complexity index is 402. The van der Waals surface area contributed by atoms with Crippen molar-refractivity contribution in [2.75, 3.05) is 31.6 Å². The Morgan fingerprint density at radius 2 is 1.89 bits per heavy atom. The van der Waals surface area contributed by atoms with Crippen LogP contribution in [0.2, 0.25) is 0 Å². The number of thioether (sulfide) groups is 2. The molecule has 1 saturated heterocycles. The standard InChI is InChI=1S/C14H20N2OS2/c1-15-7-2-8-16-13(17)11-3-5-12(6-4-11)14-18-9-10-19-14/h3-6,14-15H,2,7-10H2,1H3,(H,16,17). The Morgan fingerprint density at radius 1 is 1.21 bits per heavy atom. The molecule has 1 aliphatic heterocycles. The summed E-state index contributed by atoms with van der Waals surface area (Å²) in [6.07, 6.45) is 0.954. The van der Waals surface area contributed by atoms with Gasteiger partial charge in [0, 0.05) is 23.6 Å². The van der Waals surface area contributed by atoms with E-state index in [2.05, 4.69) is 22.8 Å². The van der Waals surface area contributed by atoms with Gasteiger partial charge < -0.3 is 10.6 Å². The van der Waals surface area contributed by atoms with Crippen molar-refractivity contribution >= 4 is 29.4 Å². The molecule has 2 rings (SSSR count). The van der Waals surface area contributed by atoms with Crippen molar-refractivity contribution in [2.24, 2.45) is 0 Å². The third-order valence-electron chi connectivity index (χ3n) is 2.96. The average molecular weight is 296 g/mol. The molecule has 0 atom stereocenters. The molecule has 0 unspecified atom stereocenters. The summed E-state index contributed by atoms with van der Waals surface area (Å²) >= 11 is 3.97. The van der Waals surface area contributed by atoms with Crippen LogP contribution >= 0.6 is 23.5 Å². The van der Waals surface area contributed by atoms with Crippen LogP contribution in [0.15, 0.2) is 24.3 Å². The fourth-order valence-corrected chi connectivity index (χ4v) is 4.77. The molecule has 1 heterocycles. The van der Waals surface area contributed by atoms with E-state index in [9.17, 15) is 4.79 Å². The zero-order chi connectivity index (χ0) is 13.5. The smallest absolute Gasteiger partial charge is 0.251 e. The first-order chi connectivity index (χ1) is 9.31. The summed E-state index contributed by atoms with van der Waals surface area (Å²) < 4.78 is 0.549. The molecule has 0 saturated carbocycles. The number of hydrogen-bond acceptors (Lipinski definition) is 4. The first-order valence-electron chi connectivity index (χ1n) is 6.57. The van der Waals surface area contributed by atoms with Crippen molar-refractivity contribution < 1.29 is 4.79 Å². The second kappa shape index (κ2) is 7.82. The van der Waals surface area contributed by atoms with Gasteiger partial charge in [0.1, 0.15) is 0 Å². The fraction of sp³-hybridized carbons (Fsp3) is 0.500. The lowest BCUT2D eigenvalue weighted by molar-refractivity contribution is 0.0953. The summed E-state index contributed by atoms with van der Waals surface area (Å²) in [6, 6.07) is 8.03. The van der Waals surface area contributed by atoms with Crippen LogP contribution in [0.1, 0.15) is 26.9 Å². The maximum Gasteiger partial charge on any atom is 0.251 e. The maximum atomic E-state index is 11.9. The summed E-state index contributed by atoms with van der Waals surface area (Å²) in [5.41, 5.74) is 2.07. The summed E-state index contributed by atoms with van der Waals surface area (Å²) in [6.45, 7) is 1.64. The van der Waals surface area contributed by atoms with Crippen molar-refractivity contribution in [3.63, 3.8) is 0 Å². The largest absolute Gasteiger partial charge is 0.352 e. The van der Waals surface area contributed by atoms with Crippen molar-refractivity contribution in [1.29, 1.82) is 0 Å². The molecular weight excluding hydrogens is 276 g/mol. The van der Waals surface area contributed by atoms with E-state index in [0.29, 0.717) is 4.58 Å². The minimum absolute atomic E-state index is 0.0226. The number of rotatable bonds is 6. The van der Waals surface area contributed by atoms with Crippen LogP contribution < -0.4 is 10.6 Å². The third-order valence-corrected chi connectivity index (χ3v) is 6.06. The predicted octanol–water partition coefficient (Wildman–Crippen LogP) is 2.50. The minimum Gasteiger partial charge on any atom is -0.352 e. The van der Waals surface area contributed by atoms with Crippen LogP contribution in [0.4, 0.5) is 0 Å². The van der Waals surface area contributed by atoms with Crippen LogP contribution in [0.5, 0.6) is 0 Å². The minimum atomic E-state index is 0.0226. The van der Waals surface area contributed by atoms with Crippen molar-refractivity contribution in [2.45, 2.75) is 11.0 Å². The van der Waals surface area contributed by atoms with E-state index in [1.165, 1.54) is 17.1 Å². The molecule has 0 bridgehead atoms. The summed E-state index contributed by atoms with van der Waals surface area (Å²) in [5, 5.41) is 6.00. The van der Waals surface area contributed by atoms with Crippen molar-refractivity contribution in [3.8, 4) is 0 Å². The van der Waals surface area contributed by atoms with E-state index in [1.54, 1.807) is 0 Å². The summed E-state index contributed by atoms with van der Waals surface area (Å²) in [5.74, 6) is 2.47. The monoisotopic (exact) mass is 296 g/mol. The molecule has 5 heteroatoms. The first kappa shape index (κ1) is 14.8.